The zero-order valence-electron chi connectivity index (χ0n) is 36.8. The summed E-state index contributed by atoms with van der Waals surface area (Å²) in [4.78, 5) is 38.3. The molecule has 0 bridgehead atoms. The number of hydrogen-bond acceptors (Lipinski definition) is 7. The number of ether oxygens (including phenoxy) is 4. The van der Waals surface area contributed by atoms with Gasteiger partial charge >= 0.3 is 11.9 Å². The smallest absolute Gasteiger partial charge is 0.305 e. The lowest BCUT2D eigenvalue weighted by Gasteiger charge is -2.29. The number of hydrogen-bond donors (Lipinski definition) is 1. The minimum absolute atomic E-state index is 0.0294. The van der Waals surface area contributed by atoms with Crippen molar-refractivity contribution in [3.63, 3.8) is 0 Å². The topological polar surface area (TPSA) is 100 Å². The maximum Gasteiger partial charge on any atom is 0.305 e. The highest BCUT2D eigenvalue weighted by Gasteiger charge is 2.27. The van der Waals surface area contributed by atoms with E-state index in [2.05, 4.69) is 19.2 Å². The van der Waals surface area contributed by atoms with Crippen LogP contribution in [0.2, 0.25) is 0 Å². The SMILES string of the molecule is CCCCCCCCCCCCCCCC(=O)OCC(COC(=O)CCCCCCCCCCCCCCC)NC(=O)CC(C)(C)OCCC(C)(C)OC. The van der Waals surface area contributed by atoms with E-state index in [1.54, 1.807) is 7.11 Å². The highest BCUT2D eigenvalue weighted by atomic mass is 16.5. The van der Waals surface area contributed by atoms with Gasteiger partial charge in [0.2, 0.25) is 5.91 Å². The number of nitrogens with one attached hydrogen (secondary N) is 1. The summed E-state index contributed by atoms with van der Waals surface area (Å²) in [6.07, 6.45) is 34.0. The summed E-state index contributed by atoms with van der Waals surface area (Å²) in [6, 6.07) is -0.619. The third kappa shape index (κ3) is 36.0. The number of methoxy groups -OCH3 is 1. The predicted octanol–water partition coefficient (Wildman–Crippen LogP) is 12.5. The third-order valence-electron chi connectivity index (χ3n) is 10.6. The summed E-state index contributed by atoms with van der Waals surface area (Å²) in [5.41, 5.74) is -1.01. The number of unbranched alkanes of at least 4 members (excludes halogenated alkanes) is 24. The summed E-state index contributed by atoms with van der Waals surface area (Å²) in [7, 11) is 1.68. The molecule has 0 aliphatic heterocycles. The molecule has 0 rings (SSSR count). The van der Waals surface area contributed by atoms with Crippen molar-refractivity contribution in [2.45, 2.75) is 251 Å². The molecular weight excluding hydrogens is 679 g/mol. The summed E-state index contributed by atoms with van der Waals surface area (Å²) >= 11 is 0. The van der Waals surface area contributed by atoms with E-state index in [4.69, 9.17) is 18.9 Å². The standard InChI is InChI=1S/C46H89NO7/c1-8-10-12-14-16-18-20-22-24-26-28-30-32-34-43(49)52-39-41(47-42(48)38-46(5,6)54-37-36-45(3,4)51-7)40-53-44(50)35-33-31-29-27-25-23-21-19-17-15-13-11-9-2/h41H,8-40H2,1-7H3,(H,47,48). The minimum Gasteiger partial charge on any atom is -0.463 e. The van der Waals surface area contributed by atoms with E-state index >= 15 is 0 Å². The van der Waals surface area contributed by atoms with Gasteiger partial charge in [0, 0.05) is 20.0 Å². The first-order valence-electron chi connectivity index (χ1n) is 22.7. The van der Waals surface area contributed by atoms with Crippen molar-refractivity contribution >= 4 is 17.8 Å². The van der Waals surface area contributed by atoms with Gasteiger partial charge < -0.3 is 24.3 Å². The first-order valence-corrected chi connectivity index (χ1v) is 22.7. The fourth-order valence-electron chi connectivity index (χ4n) is 6.63. The summed E-state index contributed by atoms with van der Waals surface area (Å²) in [5.74, 6) is -0.795. The van der Waals surface area contributed by atoms with Crippen molar-refractivity contribution in [2.24, 2.45) is 0 Å². The lowest BCUT2D eigenvalue weighted by atomic mass is 10.0. The second kappa shape index (κ2) is 35.7. The largest absolute Gasteiger partial charge is 0.463 e. The zero-order chi connectivity index (χ0) is 40.2. The van der Waals surface area contributed by atoms with Crippen LogP contribution in [0.3, 0.4) is 0 Å². The van der Waals surface area contributed by atoms with E-state index in [0.29, 0.717) is 25.9 Å². The van der Waals surface area contributed by atoms with Gasteiger partial charge in [0.25, 0.3) is 0 Å². The van der Waals surface area contributed by atoms with Gasteiger partial charge in [-0.3, -0.25) is 14.4 Å². The van der Waals surface area contributed by atoms with Gasteiger partial charge in [-0.1, -0.05) is 168 Å². The van der Waals surface area contributed by atoms with Crippen molar-refractivity contribution in [2.75, 3.05) is 26.9 Å². The second-order valence-electron chi connectivity index (χ2n) is 17.1. The van der Waals surface area contributed by atoms with Gasteiger partial charge in [0.15, 0.2) is 0 Å². The average molecular weight is 768 g/mol. The molecule has 0 aromatic carbocycles. The van der Waals surface area contributed by atoms with Gasteiger partial charge in [-0.25, -0.2) is 0 Å². The lowest BCUT2D eigenvalue weighted by Crippen LogP contribution is -2.45. The molecule has 1 N–H and O–H groups in total. The van der Waals surface area contributed by atoms with Crippen molar-refractivity contribution in [1.82, 2.24) is 5.32 Å². The van der Waals surface area contributed by atoms with Gasteiger partial charge in [0.05, 0.1) is 30.3 Å². The van der Waals surface area contributed by atoms with Gasteiger partial charge in [-0.2, -0.15) is 0 Å². The molecule has 0 spiro atoms. The van der Waals surface area contributed by atoms with Crippen molar-refractivity contribution < 1.29 is 33.3 Å². The van der Waals surface area contributed by atoms with E-state index in [-0.39, 0.29) is 43.1 Å². The van der Waals surface area contributed by atoms with Crippen LogP contribution in [0.4, 0.5) is 0 Å². The van der Waals surface area contributed by atoms with Crippen LogP contribution in [0.5, 0.6) is 0 Å². The molecule has 0 aliphatic carbocycles. The maximum absolute atomic E-state index is 13.1. The summed E-state index contributed by atoms with van der Waals surface area (Å²) < 4.78 is 22.7. The number of carbonyl (C=O) groups excluding carboxylic acids is 3. The molecule has 0 radical (unpaired) electrons. The Labute approximate surface area is 334 Å². The molecular formula is C46H89NO7. The highest BCUT2D eigenvalue weighted by molar-refractivity contribution is 5.77. The van der Waals surface area contributed by atoms with Crippen LogP contribution in [0, 0.1) is 0 Å². The Morgan fingerprint density at radius 1 is 0.500 bits per heavy atom. The van der Waals surface area contributed by atoms with E-state index in [1.165, 1.54) is 128 Å². The van der Waals surface area contributed by atoms with E-state index in [1.807, 2.05) is 27.7 Å². The molecule has 8 heteroatoms. The molecule has 0 heterocycles. The summed E-state index contributed by atoms with van der Waals surface area (Å²) in [6.45, 7) is 12.7. The van der Waals surface area contributed by atoms with Gasteiger partial charge in [0.1, 0.15) is 13.2 Å². The minimum atomic E-state index is -0.700. The van der Waals surface area contributed by atoms with E-state index in [0.717, 1.165) is 38.5 Å². The van der Waals surface area contributed by atoms with E-state index < -0.39 is 11.6 Å². The van der Waals surface area contributed by atoms with Gasteiger partial charge in [-0.05, 0) is 47.0 Å². The van der Waals surface area contributed by atoms with E-state index in [9.17, 15) is 14.4 Å². The van der Waals surface area contributed by atoms with Crippen LogP contribution in [-0.4, -0.2) is 62.0 Å². The maximum atomic E-state index is 13.1. The molecule has 54 heavy (non-hydrogen) atoms. The Morgan fingerprint density at radius 3 is 1.17 bits per heavy atom. The number of amides is 1. The van der Waals surface area contributed by atoms with Crippen molar-refractivity contribution in [1.29, 1.82) is 0 Å². The number of rotatable bonds is 40. The fourth-order valence-corrected chi connectivity index (χ4v) is 6.63. The lowest BCUT2D eigenvalue weighted by molar-refractivity contribution is -0.149. The predicted molar refractivity (Wildman–Crippen MR) is 225 cm³/mol. The molecule has 0 saturated carbocycles. The van der Waals surface area contributed by atoms with Crippen LogP contribution in [0.15, 0.2) is 0 Å². The molecule has 8 nitrogen and oxygen atoms in total. The molecule has 0 aromatic rings. The average Bonchev–Trinajstić information content (AvgIpc) is 3.12. The molecule has 0 aliphatic rings. The third-order valence-corrected chi connectivity index (χ3v) is 10.6. The Balaban J connectivity index is 4.53. The first-order chi connectivity index (χ1) is 25.9. The number of carbonyl (C=O) groups is 3. The highest BCUT2D eigenvalue weighted by Crippen LogP contribution is 2.20. The summed E-state index contributed by atoms with van der Waals surface area (Å²) in [5, 5.41) is 2.94. The first kappa shape index (κ1) is 52.3. The molecule has 0 unspecified atom stereocenters. The van der Waals surface area contributed by atoms with Crippen LogP contribution in [0.1, 0.15) is 234 Å². The van der Waals surface area contributed by atoms with Crippen molar-refractivity contribution in [3.05, 3.63) is 0 Å². The quantitative estimate of drug-likeness (QED) is 0.0489. The van der Waals surface area contributed by atoms with Crippen molar-refractivity contribution in [3.8, 4) is 0 Å². The number of esters is 2. The van der Waals surface area contributed by atoms with Crippen LogP contribution in [-0.2, 0) is 33.3 Å². The monoisotopic (exact) mass is 768 g/mol. The normalized spacial score (nSPS) is 12.0. The fraction of sp³-hybridized carbons (Fsp3) is 0.935. The Hall–Kier alpha value is -1.67. The Morgan fingerprint density at radius 2 is 0.833 bits per heavy atom. The Bertz CT molecular complexity index is 844. The van der Waals surface area contributed by atoms with Crippen LogP contribution < -0.4 is 5.32 Å². The molecule has 0 fully saturated rings. The zero-order valence-corrected chi connectivity index (χ0v) is 36.8. The molecule has 0 saturated heterocycles. The Kier molecular flexibility index (Phi) is 34.6. The van der Waals surface area contributed by atoms with Crippen LogP contribution in [0.25, 0.3) is 0 Å². The molecule has 0 atom stereocenters. The molecule has 0 aromatic heterocycles. The molecule has 320 valence electrons. The second-order valence-corrected chi connectivity index (χ2v) is 17.1. The van der Waals surface area contributed by atoms with Crippen LogP contribution >= 0.6 is 0 Å². The van der Waals surface area contributed by atoms with Gasteiger partial charge in [-0.15, -0.1) is 0 Å². The molecule has 1 amide bonds.